The molecule has 0 bridgehead atoms. The summed E-state index contributed by atoms with van der Waals surface area (Å²) >= 11 is 5.79. The third-order valence-corrected chi connectivity index (χ3v) is 5.07. The normalized spacial score (nSPS) is 12.2. The Balaban J connectivity index is 2.02. The number of hydrogen-bond donors (Lipinski definition) is 1. The van der Waals surface area contributed by atoms with E-state index in [0.717, 1.165) is 0 Å². The van der Waals surface area contributed by atoms with Crippen molar-refractivity contribution in [3.63, 3.8) is 0 Å². The molecule has 0 aromatic heterocycles. The minimum Gasteiger partial charge on any atom is -0.460 e. The molecule has 6 nitrogen and oxygen atoms in total. The molecule has 1 atom stereocenters. The van der Waals surface area contributed by atoms with Crippen molar-refractivity contribution < 1.29 is 17.9 Å². The third kappa shape index (κ3) is 5.03. The highest BCUT2D eigenvalue weighted by Crippen LogP contribution is 2.16. The Kier molecular flexibility index (Phi) is 6.15. The van der Waals surface area contributed by atoms with Crippen molar-refractivity contribution in [3.8, 4) is 6.07 Å². The number of nitrogens with zero attached hydrogens (tertiary/aromatic N) is 1. The molecule has 2 aromatic rings. The van der Waals surface area contributed by atoms with Crippen LogP contribution in [0.5, 0.6) is 0 Å². The molecule has 0 saturated heterocycles. The Hall–Kier alpha value is -2.40. The number of sulfonamides is 1. The van der Waals surface area contributed by atoms with E-state index in [0.29, 0.717) is 11.1 Å². The van der Waals surface area contributed by atoms with Crippen molar-refractivity contribution >= 4 is 27.6 Å². The maximum Gasteiger partial charge on any atom is 0.324 e. The van der Waals surface area contributed by atoms with Crippen LogP contribution < -0.4 is 4.72 Å². The Morgan fingerprint density at radius 2 is 2.00 bits per heavy atom. The number of hydrogen-bond acceptors (Lipinski definition) is 5. The van der Waals surface area contributed by atoms with Gasteiger partial charge < -0.3 is 4.74 Å². The summed E-state index contributed by atoms with van der Waals surface area (Å²) in [5.74, 6) is -0.752. The number of carbonyl (C=O) groups is 1. The molecule has 1 N–H and O–H groups in total. The quantitative estimate of drug-likeness (QED) is 0.779. The minimum atomic E-state index is -3.91. The summed E-state index contributed by atoms with van der Waals surface area (Å²) in [5.41, 5.74) is 0.936. The lowest BCUT2D eigenvalue weighted by Gasteiger charge is -2.14. The van der Waals surface area contributed by atoms with Crippen LogP contribution in [0.3, 0.4) is 0 Å². The van der Waals surface area contributed by atoms with E-state index in [1.165, 1.54) is 25.1 Å². The summed E-state index contributed by atoms with van der Waals surface area (Å²) in [6, 6.07) is 13.3. The average molecular weight is 379 g/mol. The molecule has 0 aliphatic heterocycles. The van der Waals surface area contributed by atoms with Crippen molar-refractivity contribution in [3.05, 3.63) is 64.7 Å². The van der Waals surface area contributed by atoms with Gasteiger partial charge in [-0.25, -0.2) is 8.42 Å². The second-order valence-electron chi connectivity index (χ2n) is 5.18. The van der Waals surface area contributed by atoms with Crippen molar-refractivity contribution in [1.82, 2.24) is 4.72 Å². The highest BCUT2D eigenvalue weighted by molar-refractivity contribution is 7.89. The lowest BCUT2D eigenvalue weighted by Crippen LogP contribution is -2.39. The average Bonchev–Trinajstić information content (AvgIpc) is 2.59. The Morgan fingerprint density at radius 1 is 1.28 bits per heavy atom. The number of rotatable bonds is 6. The maximum absolute atomic E-state index is 12.3. The SMILES string of the molecule is C[C@H](NS(=O)(=O)c1cccc(Cl)c1)C(=O)OCc1ccccc1C#N. The molecule has 25 heavy (non-hydrogen) atoms. The van der Waals surface area contributed by atoms with Crippen molar-refractivity contribution in [1.29, 1.82) is 5.26 Å². The molecule has 130 valence electrons. The number of nitriles is 1. The zero-order valence-electron chi connectivity index (χ0n) is 13.3. The molecule has 0 heterocycles. The molecule has 0 aliphatic rings. The van der Waals surface area contributed by atoms with Gasteiger partial charge in [0.2, 0.25) is 10.0 Å². The minimum absolute atomic E-state index is 0.0468. The van der Waals surface area contributed by atoms with E-state index in [1.54, 1.807) is 30.3 Å². The van der Waals surface area contributed by atoms with Gasteiger partial charge in [-0.1, -0.05) is 35.9 Å². The van der Waals surface area contributed by atoms with Gasteiger partial charge in [0.1, 0.15) is 12.6 Å². The number of carbonyl (C=O) groups excluding carboxylic acids is 1. The third-order valence-electron chi connectivity index (χ3n) is 3.30. The molecule has 0 radical (unpaired) electrons. The van der Waals surface area contributed by atoms with Crippen molar-refractivity contribution in [2.24, 2.45) is 0 Å². The zero-order valence-corrected chi connectivity index (χ0v) is 14.8. The first kappa shape index (κ1) is 18.9. The fourth-order valence-electron chi connectivity index (χ4n) is 2.01. The molecule has 0 saturated carbocycles. The van der Waals surface area contributed by atoms with Crippen LogP contribution in [0, 0.1) is 11.3 Å². The highest BCUT2D eigenvalue weighted by atomic mass is 35.5. The molecule has 0 fully saturated rings. The monoisotopic (exact) mass is 378 g/mol. The molecule has 0 spiro atoms. The van der Waals surface area contributed by atoms with Gasteiger partial charge in [-0.3, -0.25) is 4.79 Å². The van der Waals surface area contributed by atoms with Crippen LogP contribution >= 0.6 is 11.6 Å². The van der Waals surface area contributed by atoms with Gasteiger partial charge in [0, 0.05) is 10.6 Å². The molecule has 8 heteroatoms. The van der Waals surface area contributed by atoms with Gasteiger partial charge in [0.25, 0.3) is 0 Å². The lowest BCUT2D eigenvalue weighted by atomic mass is 10.1. The summed E-state index contributed by atoms with van der Waals surface area (Å²) in [6.45, 7) is 1.26. The summed E-state index contributed by atoms with van der Waals surface area (Å²) in [4.78, 5) is 12.0. The fourth-order valence-corrected chi connectivity index (χ4v) is 3.50. The Labute approximate surface area is 151 Å². The highest BCUT2D eigenvalue weighted by Gasteiger charge is 2.23. The van der Waals surface area contributed by atoms with Gasteiger partial charge in [-0.05, 0) is 31.2 Å². The fraction of sp³-hybridized carbons (Fsp3) is 0.176. The van der Waals surface area contributed by atoms with Crippen LogP contribution in [0.2, 0.25) is 5.02 Å². The van der Waals surface area contributed by atoms with Crippen LogP contribution in [0.1, 0.15) is 18.1 Å². The molecule has 2 aromatic carbocycles. The first-order valence-electron chi connectivity index (χ1n) is 7.26. The molecule has 0 aliphatic carbocycles. The van der Waals surface area contributed by atoms with Gasteiger partial charge in [-0.2, -0.15) is 9.98 Å². The van der Waals surface area contributed by atoms with E-state index < -0.39 is 22.0 Å². The zero-order chi connectivity index (χ0) is 18.4. The Morgan fingerprint density at radius 3 is 2.68 bits per heavy atom. The number of nitrogens with one attached hydrogen (secondary N) is 1. The van der Waals surface area contributed by atoms with Crippen LogP contribution in [0.4, 0.5) is 0 Å². The van der Waals surface area contributed by atoms with Gasteiger partial charge in [0.05, 0.1) is 16.5 Å². The Bertz CT molecular complexity index is 922. The topological polar surface area (TPSA) is 96.3 Å². The van der Waals surface area contributed by atoms with E-state index in [2.05, 4.69) is 4.72 Å². The van der Waals surface area contributed by atoms with E-state index >= 15 is 0 Å². The molecule has 2 rings (SSSR count). The molecular weight excluding hydrogens is 364 g/mol. The maximum atomic E-state index is 12.3. The molecule has 0 unspecified atom stereocenters. The summed E-state index contributed by atoms with van der Waals surface area (Å²) in [6.07, 6.45) is 0. The number of ether oxygens (including phenoxy) is 1. The number of esters is 1. The van der Waals surface area contributed by atoms with Crippen LogP contribution in [0.15, 0.2) is 53.4 Å². The summed E-state index contributed by atoms with van der Waals surface area (Å²) in [5, 5.41) is 9.27. The van der Waals surface area contributed by atoms with Crippen LogP contribution in [-0.2, 0) is 26.2 Å². The second-order valence-corrected chi connectivity index (χ2v) is 7.33. The predicted octanol–water partition coefficient (Wildman–Crippen LogP) is 2.62. The first-order valence-corrected chi connectivity index (χ1v) is 9.12. The van der Waals surface area contributed by atoms with E-state index in [-0.39, 0.29) is 16.5 Å². The lowest BCUT2D eigenvalue weighted by molar-refractivity contribution is -0.146. The molecular formula is C17H15ClN2O4S. The summed E-state index contributed by atoms with van der Waals surface area (Å²) < 4.78 is 31.8. The van der Waals surface area contributed by atoms with E-state index in [9.17, 15) is 13.2 Å². The smallest absolute Gasteiger partial charge is 0.324 e. The van der Waals surface area contributed by atoms with Crippen molar-refractivity contribution in [2.45, 2.75) is 24.5 Å². The van der Waals surface area contributed by atoms with Crippen LogP contribution in [-0.4, -0.2) is 20.4 Å². The summed E-state index contributed by atoms with van der Waals surface area (Å²) in [7, 11) is -3.91. The predicted molar refractivity (Wildman–Crippen MR) is 92.2 cm³/mol. The van der Waals surface area contributed by atoms with E-state index in [1.807, 2.05) is 6.07 Å². The van der Waals surface area contributed by atoms with Crippen molar-refractivity contribution in [2.75, 3.05) is 0 Å². The number of halogens is 1. The largest absolute Gasteiger partial charge is 0.460 e. The second kappa shape index (κ2) is 8.12. The van der Waals surface area contributed by atoms with Crippen LogP contribution in [0.25, 0.3) is 0 Å². The molecule has 0 amide bonds. The van der Waals surface area contributed by atoms with Gasteiger partial charge in [0.15, 0.2) is 0 Å². The standard InChI is InChI=1S/C17H15ClN2O4S/c1-12(20-25(22,23)16-8-4-7-15(18)9-16)17(21)24-11-14-6-3-2-5-13(14)10-19/h2-9,12,20H,11H2,1H3/t12-/m0/s1. The van der Waals surface area contributed by atoms with E-state index in [4.69, 9.17) is 21.6 Å². The first-order chi connectivity index (χ1) is 11.8. The van der Waals surface area contributed by atoms with Gasteiger partial charge in [-0.15, -0.1) is 0 Å². The number of benzene rings is 2. The van der Waals surface area contributed by atoms with Gasteiger partial charge >= 0.3 is 5.97 Å².